The molecule has 1 fully saturated rings. The van der Waals surface area contributed by atoms with Crippen LogP contribution in [0.5, 0.6) is 0 Å². The first-order valence-corrected chi connectivity index (χ1v) is 6.18. The molecule has 2 rings (SSSR count). The molecule has 0 bridgehead atoms. The van der Waals surface area contributed by atoms with Crippen molar-refractivity contribution in [3.63, 3.8) is 0 Å². The van der Waals surface area contributed by atoms with E-state index in [9.17, 15) is 4.79 Å². The summed E-state index contributed by atoms with van der Waals surface area (Å²) >= 11 is 0. The Morgan fingerprint density at radius 2 is 1.70 bits per heavy atom. The van der Waals surface area contributed by atoms with E-state index in [1.807, 2.05) is 25.1 Å². The third-order valence-electron chi connectivity index (χ3n) is 2.60. The summed E-state index contributed by atoms with van der Waals surface area (Å²) in [5.74, 6) is 0.146. The van der Waals surface area contributed by atoms with Crippen LogP contribution in [-0.2, 0) is 9.53 Å². The van der Waals surface area contributed by atoms with Crippen molar-refractivity contribution in [1.29, 1.82) is 0 Å². The molecule has 1 aliphatic rings. The molecule has 23 heavy (non-hydrogen) atoms. The molecule has 0 amide bonds. The van der Waals surface area contributed by atoms with Gasteiger partial charge in [0.15, 0.2) is 0 Å². The van der Waals surface area contributed by atoms with E-state index in [1.54, 1.807) is 12.4 Å². The van der Waals surface area contributed by atoms with E-state index >= 15 is 0 Å². The van der Waals surface area contributed by atoms with Crippen LogP contribution in [0.15, 0.2) is 30.6 Å². The van der Waals surface area contributed by atoms with Crippen LogP contribution in [0.4, 0.5) is 0 Å². The van der Waals surface area contributed by atoms with Crippen molar-refractivity contribution in [3.05, 3.63) is 37.0 Å². The molecule has 1 aliphatic carbocycles. The topological polar surface area (TPSA) is 39.2 Å². The number of carbonyl (C=O) groups excluding carboxylic acids is 1. The normalized spacial score (nSPS) is 13.9. The monoisotopic (exact) mass is 530 g/mol. The molecule has 3 nitrogen and oxygen atoms in total. The van der Waals surface area contributed by atoms with Crippen LogP contribution in [0.1, 0.15) is 32.6 Å². The number of aromatic nitrogens is 1. The molecule has 1 unspecified atom stereocenters. The minimum absolute atomic E-state index is 0. The summed E-state index contributed by atoms with van der Waals surface area (Å²) in [4.78, 5) is 14.9. The van der Waals surface area contributed by atoms with Gasteiger partial charge in [-0.3, -0.25) is 9.78 Å². The zero-order valence-corrected chi connectivity index (χ0v) is 19.0. The van der Waals surface area contributed by atoms with E-state index < -0.39 is 0 Å². The van der Waals surface area contributed by atoms with Gasteiger partial charge in [-0.2, -0.15) is 12.8 Å². The fourth-order valence-electron chi connectivity index (χ4n) is 1.73. The number of rotatable bonds is 2. The van der Waals surface area contributed by atoms with E-state index in [-0.39, 0.29) is 98.4 Å². The second-order valence-corrected chi connectivity index (χ2v) is 3.93. The Bertz CT molecular complexity index is 291. The van der Waals surface area contributed by atoms with E-state index in [0.717, 1.165) is 25.7 Å². The van der Waals surface area contributed by atoms with Crippen molar-refractivity contribution in [2.45, 2.75) is 32.6 Å². The van der Waals surface area contributed by atoms with Crippen molar-refractivity contribution in [2.24, 2.45) is 5.92 Å². The van der Waals surface area contributed by atoms with Gasteiger partial charge in [0.05, 0.1) is 6.61 Å². The van der Waals surface area contributed by atoms with Gasteiger partial charge in [0, 0.05) is 18.3 Å². The van der Waals surface area contributed by atoms with Gasteiger partial charge < -0.3 is 73.2 Å². The molecule has 0 radical (unpaired) electrons. The zero-order chi connectivity index (χ0) is 12.3. The first kappa shape index (κ1) is 39.1. The smallest absolute Gasteiger partial charge is 1.00 e. The predicted molar refractivity (Wildman–Crippen MR) is 72.9 cm³/mol. The number of ether oxygens (including phenoxy) is 1. The van der Waals surface area contributed by atoms with Crippen molar-refractivity contribution in [1.82, 2.24) is 4.98 Å². The summed E-state index contributed by atoms with van der Waals surface area (Å²) in [6.07, 6.45) is 9.92. The van der Waals surface area contributed by atoms with Crippen LogP contribution < -0.4 is 62.0 Å². The Labute approximate surface area is 188 Å². The van der Waals surface area contributed by atoms with E-state index in [1.165, 1.54) is 0 Å². The molecule has 9 heteroatoms. The summed E-state index contributed by atoms with van der Waals surface area (Å²) < 4.78 is 4.92. The number of hydrogen-bond acceptors (Lipinski definition) is 3. The molecule has 0 spiro atoms. The predicted octanol–water partition coefficient (Wildman–Crippen LogP) is -12.3. The van der Waals surface area contributed by atoms with E-state index in [2.05, 4.69) is 11.4 Å². The first-order chi connectivity index (χ1) is 8.34. The fraction of sp³-hybridized carbons (Fsp3) is 0.500. The molecule has 134 valence electrons. The summed E-state index contributed by atoms with van der Waals surface area (Å²) in [5.41, 5.74) is 0. The number of carbonyl (C=O) groups is 1. The zero-order valence-electron chi connectivity index (χ0n) is 12.7. The van der Waals surface area contributed by atoms with Crippen LogP contribution in [0.2, 0.25) is 0 Å². The molecular formula is C14H20Cl5NO2Sb-. The second-order valence-electron chi connectivity index (χ2n) is 3.93. The average Bonchev–Trinajstić information content (AvgIpc) is 2.43. The quantitative estimate of drug-likeness (QED) is 0.216. The maximum Gasteiger partial charge on any atom is 5.00 e. The van der Waals surface area contributed by atoms with Gasteiger partial charge in [-0.25, -0.2) is 0 Å². The number of nitrogens with zero attached hydrogens (tertiary/aromatic N) is 1. The third kappa shape index (κ3) is 20.8. The summed E-state index contributed by atoms with van der Waals surface area (Å²) in [6.45, 7) is 2.36. The Morgan fingerprint density at radius 3 is 2.00 bits per heavy atom. The van der Waals surface area contributed by atoms with Crippen LogP contribution in [0.3, 0.4) is 0 Å². The minimum Gasteiger partial charge on any atom is -1.00 e. The largest absolute Gasteiger partial charge is 5.00 e. The Morgan fingerprint density at radius 1 is 1.13 bits per heavy atom. The molecule has 1 heterocycles. The van der Waals surface area contributed by atoms with Gasteiger partial charge in [0.2, 0.25) is 0 Å². The molecule has 0 aromatic carbocycles. The van der Waals surface area contributed by atoms with E-state index in [4.69, 9.17) is 4.74 Å². The molecule has 1 atom stereocenters. The minimum atomic E-state index is -0.0107. The molecular weight excluding hydrogens is 513 g/mol. The average molecular weight is 533 g/mol. The molecule has 1 aromatic heterocycles. The Hall–Kier alpha value is 0.888. The number of hydrogen-bond donors (Lipinski definition) is 0. The van der Waals surface area contributed by atoms with Crippen molar-refractivity contribution < 1.29 is 71.6 Å². The van der Waals surface area contributed by atoms with Gasteiger partial charge >= 0.3 is 30.4 Å². The second kappa shape index (κ2) is 27.7. The fourth-order valence-corrected chi connectivity index (χ4v) is 1.73. The Balaban J connectivity index is -0.0000000540. The molecule has 1 aromatic rings. The van der Waals surface area contributed by atoms with E-state index in [0.29, 0.717) is 6.61 Å². The van der Waals surface area contributed by atoms with Crippen LogP contribution in [-0.4, -0.2) is 42.0 Å². The van der Waals surface area contributed by atoms with Crippen molar-refractivity contribution >= 4 is 30.4 Å². The van der Waals surface area contributed by atoms with Gasteiger partial charge in [0.25, 0.3) is 0 Å². The SMILES string of the molecule is CCOC(=O)C1C[CH-]CCC1.[Cl-].[Cl-].[Cl-].[Cl-].[Cl-].[Sb+5].c1ccncc1. The molecule has 1 saturated carbocycles. The van der Waals surface area contributed by atoms with Gasteiger partial charge in [-0.15, -0.1) is 0 Å². The van der Waals surface area contributed by atoms with Crippen molar-refractivity contribution in [2.75, 3.05) is 6.61 Å². The van der Waals surface area contributed by atoms with Crippen LogP contribution >= 0.6 is 0 Å². The maximum atomic E-state index is 11.2. The summed E-state index contributed by atoms with van der Waals surface area (Å²) in [6, 6.07) is 5.72. The first-order valence-electron chi connectivity index (χ1n) is 6.18. The summed E-state index contributed by atoms with van der Waals surface area (Å²) in [5, 5.41) is 0. The maximum absolute atomic E-state index is 11.2. The van der Waals surface area contributed by atoms with Gasteiger partial charge in [-0.05, 0) is 25.5 Å². The molecule has 0 N–H and O–H groups in total. The number of pyridine rings is 1. The van der Waals surface area contributed by atoms with Gasteiger partial charge in [-0.1, -0.05) is 12.5 Å². The van der Waals surface area contributed by atoms with Crippen LogP contribution in [0.25, 0.3) is 0 Å². The summed E-state index contributed by atoms with van der Waals surface area (Å²) in [7, 11) is 0. The third-order valence-corrected chi connectivity index (χ3v) is 2.60. The standard InChI is InChI=1S/C9H15O2.C5H5N.5ClH.Sb/c1-2-11-9(10)8-6-4-3-5-7-8;1-2-4-6-5-3-1;;;;;;/h4,8H,2-3,5-7H2,1H3;1-5H;5*1H;/q-1;;;;;;;+5/p-5. The Kier molecular flexibility index (Phi) is 47.1. The number of esters is 1. The molecule has 0 aliphatic heterocycles. The van der Waals surface area contributed by atoms with Crippen LogP contribution in [0, 0.1) is 12.3 Å². The van der Waals surface area contributed by atoms with Crippen molar-refractivity contribution in [3.8, 4) is 0 Å². The van der Waals surface area contributed by atoms with Gasteiger partial charge in [0.1, 0.15) is 0 Å². The number of halogens is 5. The molecule has 0 saturated heterocycles.